The van der Waals surface area contributed by atoms with Crippen molar-refractivity contribution >= 4 is 17.6 Å². The van der Waals surface area contributed by atoms with Gasteiger partial charge in [-0.2, -0.15) is 5.10 Å². The van der Waals surface area contributed by atoms with Gasteiger partial charge in [0.2, 0.25) is 0 Å². The zero-order valence-electron chi connectivity index (χ0n) is 11.3. The fourth-order valence-corrected chi connectivity index (χ4v) is 2.17. The Morgan fingerprint density at radius 1 is 1.45 bits per heavy atom. The number of methoxy groups -OCH3 is 1. The molecule has 1 unspecified atom stereocenters. The lowest BCUT2D eigenvalue weighted by Gasteiger charge is -2.26. The molecule has 0 spiro atoms. The van der Waals surface area contributed by atoms with Crippen LogP contribution in [0.1, 0.15) is 11.3 Å². The van der Waals surface area contributed by atoms with Crippen LogP contribution in [0.4, 0.5) is 0 Å². The largest absolute Gasteiger partial charge is 0.467 e. The van der Waals surface area contributed by atoms with E-state index in [0.717, 1.165) is 0 Å². The van der Waals surface area contributed by atoms with Crippen molar-refractivity contribution in [1.29, 1.82) is 0 Å². The summed E-state index contributed by atoms with van der Waals surface area (Å²) in [6.45, 7) is 1.94. The topological polar surface area (TPSA) is 70.1 Å². The minimum Gasteiger partial charge on any atom is -0.467 e. The van der Waals surface area contributed by atoms with Gasteiger partial charge in [-0.3, -0.25) is 4.68 Å². The highest BCUT2D eigenvalue weighted by atomic mass is 35.5. The van der Waals surface area contributed by atoms with E-state index in [2.05, 4.69) is 5.10 Å². The van der Waals surface area contributed by atoms with Gasteiger partial charge in [0, 0.05) is 6.20 Å². The highest BCUT2D eigenvalue weighted by Gasteiger charge is 2.38. The second-order valence-corrected chi connectivity index (χ2v) is 5.00. The molecule has 0 aliphatic heterocycles. The van der Waals surface area contributed by atoms with Crippen LogP contribution < -0.4 is 5.73 Å². The molecule has 0 bridgehead atoms. The van der Waals surface area contributed by atoms with Crippen LogP contribution in [-0.2, 0) is 21.6 Å². The van der Waals surface area contributed by atoms with Crippen molar-refractivity contribution in [2.75, 3.05) is 7.11 Å². The number of aryl methyl sites for hydroxylation is 1. The first-order valence-corrected chi connectivity index (χ1v) is 6.47. The van der Waals surface area contributed by atoms with Gasteiger partial charge in [-0.25, -0.2) is 4.79 Å². The fraction of sp³-hybridized carbons (Fsp3) is 0.286. The summed E-state index contributed by atoms with van der Waals surface area (Å²) in [5.74, 6) is -0.520. The van der Waals surface area contributed by atoms with Crippen LogP contribution in [0.5, 0.6) is 0 Å². The number of carbonyl (C=O) groups excluding carboxylic acids is 1. The fourth-order valence-electron chi connectivity index (χ4n) is 2.02. The molecule has 1 heterocycles. The molecule has 106 valence electrons. The zero-order valence-corrected chi connectivity index (χ0v) is 12.1. The number of carbonyl (C=O) groups is 1. The molecule has 0 aliphatic carbocycles. The summed E-state index contributed by atoms with van der Waals surface area (Å²) in [6, 6.07) is 9.07. The molecule has 20 heavy (non-hydrogen) atoms. The van der Waals surface area contributed by atoms with Crippen molar-refractivity contribution in [1.82, 2.24) is 9.78 Å². The average Bonchev–Trinajstić information content (AvgIpc) is 2.77. The van der Waals surface area contributed by atoms with Crippen LogP contribution in [0, 0.1) is 6.92 Å². The number of rotatable bonds is 4. The summed E-state index contributed by atoms with van der Waals surface area (Å²) >= 11 is 5.98. The number of esters is 1. The molecule has 6 heteroatoms. The minimum absolute atomic E-state index is 0.150. The van der Waals surface area contributed by atoms with Crippen molar-refractivity contribution in [2.24, 2.45) is 5.73 Å². The third-order valence-corrected chi connectivity index (χ3v) is 3.51. The van der Waals surface area contributed by atoms with E-state index in [1.165, 1.54) is 7.11 Å². The summed E-state index contributed by atoms with van der Waals surface area (Å²) in [5, 5.41) is 4.77. The number of ether oxygens (including phenoxy) is 1. The molecule has 1 atom stereocenters. The molecule has 0 saturated carbocycles. The summed E-state index contributed by atoms with van der Waals surface area (Å²) in [6.07, 6.45) is 1.64. The van der Waals surface area contributed by atoms with Crippen LogP contribution in [0.25, 0.3) is 0 Å². The number of nitrogens with two attached hydrogens (primary N) is 1. The second kappa shape index (κ2) is 5.64. The van der Waals surface area contributed by atoms with Crippen LogP contribution in [0.15, 0.2) is 36.5 Å². The lowest BCUT2D eigenvalue weighted by molar-refractivity contribution is -0.148. The van der Waals surface area contributed by atoms with Crippen molar-refractivity contribution in [3.63, 3.8) is 0 Å². The second-order valence-electron chi connectivity index (χ2n) is 4.59. The monoisotopic (exact) mass is 293 g/mol. The molecule has 2 aromatic rings. The van der Waals surface area contributed by atoms with E-state index in [0.29, 0.717) is 16.3 Å². The third kappa shape index (κ3) is 2.69. The SMILES string of the molecule is COC(=O)C(N)(Cn1cc(Cl)c(C)n1)c1ccccc1. The van der Waals surface area contributed by atoms with E-state index in [9.17, 15) is 4.79 Å². The van der Waals surface area contributed by atoms with Gasteiger partial charge in [0.25, 0.3) is 0 Å². The van der Waals surface area contributed by atoms with Gasteiger partial charge in [0.1, 0.15) is 0 Å². The van der Waals surface area contributed by atoms with E-state index >= 15 is 0 Å². The zero-order chi connectivity index (χ0) is 14.8. The number of aromatic nitrogens is 2. The van der Waals surface area contributed by atoms with E-state index in [1.54, 1.807) is 29.9 Å². The molecule has 0 saturated heterocycles. The summed E-state index contributed by atoms with van der Waals surface area (Å²) in [5.41, 5.74) is 6.33. The molecule has 1 aromatic carbocycles. The molecule has 0 amide bonds. The summed E-state index contributed by atoms with van der Waals surface area (Å²) in [7, 11) is 1.31. The van der Waals surface area contributed by atoms with Crippen LogP contribution in [-0.4, -0.2) is 22.9 Å². The maximum Gasteiger partial charge on any atom is 0.332 e. The molecular weight excluding hydrogens is 278 g/mol. The molecule has 0 radical (unpaired) electrons. The standard InChI is InChI=1S/C14H16ClN3O2/c1-10-12(15)8-18(17-10)9-14(16,13(19)20-2)11-6-4-3-5-7-11/h3-8H,9,16H2,1-2H3. The van der Waals surface area contributed by atoms with Gasteiger partial charge < -0.3 is 10.5 Å². The Morgan fingerprint density at radius 2 is 2.10 bits per heavy atom. The van der Waals surface area contributed by atoms with Crippen molar-refractivity contribution in [3.8, 4) is 0 Å². The quantitative estimate of drug-likeness (QED) is 0.874. The van der Waals surface area contributed by atoms with Gasteiger partial charge in [-0.05, 0) is 12.5 Å². The molecule has 0 fully saturated rings. The molecule has 2 rings (SSSR count). The number of hydrogen-bond acceptors (Lipinski definition) is 4. The number of halogens is 1. The van der Waals surface area contributed by atoms with E-state index in [1.807, 2.05) is 18.2 Å². The number of nitrogens with zero attached hydrogens (tertiary/aromatic N) is 2. The lowest BCUT2D eigenvalue weighted by atomic mass is 9.91. The molecule has 0 aliphatic rings. The smallest absolute Gasteiger partial charge is 0.332 e. The van der Waals surface area contributed by atoms with Gasteiger partial charge >= 0.3 is 5.97 Å². The maximum absolute atomic E-state index is 12.1. The van der Waals surface area contributed by atoms with Crippen LogP contribution >= 0.6 is 11.6 Å². The Labute approximate surface area is 122 Å². The van der Waals surface area contributed by atoms with E-state index in [4.69, 9.17) is 22.1 Å². The predicted octanol–water partition coefficient (Wildman–Crippen LogP) is 1.87. The van der Waals surface area contributed by atoms with Gasteiger partial charge in [-0.1, -0.05) is 41.9 Å². The Hall–Kier alpha value is -1.85. The first kappa shape index (κ1) is 14.6. The highest BCUT2D eigenvalue weighted by molar-refractivity contribution is 6.31. The first-order chi connectivity index (χ1) is 9.47. The van der Waals surface area contributed by atoms with E-state index < -0.39 is 11.5 Å². The van der Waals surface area contributed by atoms with Gasteiger partial charge in [0.15, 0.2) is 5.54 Å². The van der Waals surface area contributed by atoms with Crippen molar-refractivity contribution < 1.29 is 9.53 Å². The normalized spacial score (nSPS) is 13.8. The Morgan fingerprint density at radius 3 is 2.60 bits per heavy atom. The summed E-state index contributed by atoms with van der Waals surface area (Å²) in [4.78, 5) is 12.1. The first-order valence-electron chi connectivity index (χ1n) is 6.10. The van der Waals surface area contributed by atoms with E-state index in [-0.39, 0.29) is 6.54 Å². The average molecular weight is 294 g/mol. The highest BCUT2D eigenvalue weighted by Crippen LogP contribution is 2.23. The molecular formula is C14H16ClN3O2. The Bertz CT molecular complexity index is 593. The molecule has 5 nitrogen and oxygen atoms in total. The van der Waals surface area contributed by atoms with Crippen LogP contribution in [0.3, 0.4) is 0 Å². The minimum atomic E-state index is -1.31. The summed E-state index contributed by atoms with van der Waals surface area (Å²) < 4.78 is 6.40. The Balaban J connectivity index is 2.40. The number of hydrogen-bond donors (Lipinski definition) is 1. The van der Waals surface area contributed by atoms with Gasteiger partial charge in [-0.15, -0.1) is 0 Å². The van der Waals surface area contributed by atoms with Crippen molar-refractivity contribution in [3.05, 3.63) is 52.8 Å². The lowest BCUT2D eigenvalue weighted by Crippen LogP contribution is -2.49. The third-order valence-electron chi connectivity index (χ3n) is 3.14. The molecule has 2 N–H and O–H groups in total. The Kier molecular flexibility index (Phi) is 4.11. The van der Waals surface area contributed by atoms with Gasteiger partial charge in [0.05, 0.1) is 24.4 Å². The predicted molar refractivity (Wildman–Crippen MR) is 76.3 cm³/mol. The van der Waals surface area contributed by atoms with Crippen molar-refractivity contribution in [2.45, 2.75) is 19.0 Å². The molecule has 1 aromatic heterocycles. The number of benzene rings is 1. The maximum atomic E-state index is 12.1. The van der Waals surface area contributed by atoms with Crippen LogP contribution in [0.2, 0.25) is 5.02 Å².